The quantitative estimate of drug-likeness (QED) is 0.531. The molecule has 7 heteroatoms. The minimum Gasteiger partial charge on any atom is -0.463 e. The van der Waals surface area contributed by atoms with Crippen LogP contribution in [0.25, 0.3) is 17.6 Å². The SMILES string of the molecule is CCOC(=O)C=Cn1cnc(-c2cc(Cl)ccc2N)n1. The highest BCUT2D eigenvalue weighted by Gasteiger charge is 2.08. The molecule has 0 saturated carbocycles. The van der Waals surface area contributed by atoms with E-state index in [-0.39, 0.29) is 0 Å². The highest BCUT2D eigenvalue weighted by Crippen LogP contribution is 2.25. The van der Waals surface area contributed by atoms with E-state index in [1.807, 2.05) is 0 Å². The van der Waals surface area contributed by atoms with Crippen LogP contribution in [0.5, 0.6) is 0 Å². The van der Waals surface area contributed by atoms with Gasteiger partial charge in [0, 0.05) is 28.5 Å². The molecular weight excluding hydrogens is 280 g/mol. The molecule has 0 bridgehead atoms. The summed E-state index contributed by atoms with van der Waals surface area (Å²) in [5, 5.41) is 4.74. The first-order valence-electron chi connectivity index (χ1n) is 5.91. The molecule has 1 aromatic carbocycles. The summed E-state index contributed by atoms with van der Waals surface area (Å²) in [5.74, 6) is -0.00896. The molecule has 104 valence electrons. The minimum atomic E-state index is -0.438. The third-order valence-corrected chi connectivity index (χ3v) is 2.65. The van der Waals surface area contributed by atoms with Gasteiger partial charge in [-0.1, -0.05) is 11.6 Å². The Morgan fingerprint density at radius 2 is 2.35 bits per heavy atom. The fraction of sp³-hybridized carbons (Fsp3) is 0.154. The first kappa shape index (κ1) is 14.1. The van der Waals surface area contributed by atoms with Gasteiger partial charge in [-0.15, -0.1) is 5.10 Å². The van der Waals surface area contributed by atoms with Gasteiger partial charge in [0.05, 0.1) is 6.61 Å². The molecule has 0 unspecified atom stereocenters. The standard InChI is InChI=1S/C13H13ClN4O2/c1-2-20-12(19)5-6-18-8-16-13(17-18)10-7-9(14)3-4-11(10)15/h3-8H,2,15H2,1H3. The normalized spacial score (nSPS) is 10.9. The van der Waals surface area contributed by atoms with Gasteiger partial charge in [-0.05, 0) is 25.1 Å². The number of rotatable bonds is 4. The third-order valence-electron chi connectivity index (χ3n) is 2.41. The van der Waals surface area contributed by atoms with Crippen molar-refractivity contribution in [2.45, 2.75) is 6.92 Å². The van der Waals surface area contributed by atoms with Crippen molar-refractivity contribution in [3.63, 3.8) is 0 Å². The van der Waals surface area contributed by atoms with Gasteiger partial charge < -0.3 is 10.5 Å². The molecule has 20 heavy (non-hydrogen) atoms. The van der Waals surface area contributed by atoms with Crippen LogP contribution in [0.2, 0.25) is 5.02 Å². The van der Waals surface area contributed by atoms with E-state index < -0.39 is 5.97 Å². The highest BCUT2D eigenvalue weighted by atomic mass is 35.5. The van der Waals surface area contributed by atoms with E-state index in [2.05, 4.69) is 10.1 Å². The summed E-state index contributed by atoms with van der Waals surface area (Å²) in [6.45, 7) is 2.06. The molecule has 2 rings (SSSR count). The predicted octanol–water partition coefficient (Wildman–Crippen LogP) is 2.21. The Balaban J connectivity index is 2.21. The summed E-state index contributed by atoms with van der Waals surface area (Å²) >= 11 is 5.92. The molecule has 2 aromatic rings. The molecule has 0 aliphatic heterocycles. The van der Waals surface area contributed by atoms with Crippen LogP contribution in [0, 0.1) is 0 Å². The number of nitrogens with two attached hydrogens (primary N) is 1. The number of hydrogen-bond acceptors (Lipinski definition) is 5. The van der Waals surface area contributed by atoms with Crippen molar-refractivity contribution in [1.29, 1.82) is 0 Å². The number of hydrogen-bond donors (Lipinski definition) is 1. The van der Waals surface area contributed by atoms with Gasteiger partial charge in [-0.25, -0.2) is 14.5 Å². The topological polar surface area (TPSA) is 83.0 Å². The van der Waals surface area contributed by atoms with Gasteiger partial charge in [0.15, 0.2) is 5.82 Å². The Kier molecular flexibility index (Phi) is 4.37. The first-order chi connectivity index (χ1) is 9.60. The summed E-state index contributed by atoms with van der Waals surface area (Å²) in [4.78, 5) is 15.3. The van der Waals surface area contributed by atoms with E-state index in [4.69, 9.17) is 22.1 Å². The smallest absolute Gasteiger partial charge is 0.332 e. The van der Waals surface area contributed by atoms with Crippen molar-refractivity contribution in [2.24, 2.45) is 0 Å². The molecule has 0 fully saturated rings. The second-order valence-corrected chi connectivity index (χ2v) is 4.28. The lowest BCUT2D eigenvalue weighted by Gasteiger charge is -2.01. The van der Waals surface area contributed by atoms with Gasteiger partial charge in [-0.2, -0.15) is 0 Å². The maximum atomic E-state index is 11.2. The Hall–Kier alpha value is -2.34. The van der Waals surface area contributed by atoms with E-state index in [1.54, 1.807) is 25.1 Å². The number of benzene rings is 1. The van der Waals surface area contributed by atoms with Gasteiger partial charge >= 0.3 is 5.97 Å². The monoisotopic (exact) mass is 292 g/mol. The lowest BCUT2D eigenvalue weighted by atomic mass is 10.2. The minimum absolute atomic E-state index is 0.324. The van der Waals surface area contributed by atoms with E-state index in [0.29, 0.717) is 28.7 Å². The lowest BCUT2D eigenvalue weighted by molar-refractivity contribution is -0.137. The zero-order valence-corrected chi connectivity index (χ0v) is 11.5. The molecule has 0 aliphatic carbocycles. The van der Waals surface area contributed by atoms with E-state index >= 15 is 0 Å². The Morgan fingerprint density at radius 1 is 1.55 bits per heavy atom. The summed E-state index contributed by atoms with van der Waals surface area (Å²) in [6.07, 6.45) is 4.18. The molecule has 0 radical (unpaired) electrons. The molecule has 0 atom stereocenters. The number of halogens is 1. The second kappa shape index (κ2) is 6.21. The Bertz CT molecular complexity index is 652. The average molecular weight is 293 g/mol. The summed E-state index contributed by atoms with van der Waals surface area (Å²) < 4.78 is 6.16. The van der Waals surface area contributed by atoms with Crippen LogP contribution in [0.15, 0.2) is 30.6 Å². The van der Waals surface area contributed by atoms with Crippen LogP contribution in [0.1, 0.15) is 6.92 Å². The van der Waals surface area contributed by atoms with E-state index in [1.165, 1.54) is 23.3 Å². The van der Waals surface area contributed by atoms with Crippen molar-refractivity contribution in [3.05, 3.63) is 35.6 Å². The number of aromatic nitrogens is 3. The van der Waals surface area contributed by atoms with Crippen LogP contribution in [0.3, 0.4) is 0 Å². The molecule has 6 nitrogen and oxygen atoms in total. The molecule has 0 amide bonds. The number of esters is 1. The maximum absolute atomic E-state index is 11.2. The van der Waals surface area contributed by atoms with Gasteiger partial charge in [-0.3, -0.25) is 0 Å². The molecule has 1 aromatic heterocycles. The van der Waals surface area contributed by atoms with E-state index in [9.17, 15) is 4.79 Å². The number of carbonyl (C=O) groups is 1. The van der Waals surface area contributed by atoms with Crippen LogP contribution >= 0.6 is 11.6 Å². The second-order valence-electron chi connectivity index (χ2n) is 3.85. The van der Waals surface area contributed by atoms with Crippen molar-refractivity contribution in [2.75, 3.05) is 12.3 Å². The van der Waals surface area contributed by atoms with Crippen molar-refractivity contribution in [1.82, 2.24) is 14.8 Å². The molecule has 2 N–H and O–H groups in total. The lowest BCUT2D eigenvalue weighted by Crippen LogP contribution is -2.00. The summed E-state index contributed by atoms with van der Waals surface area (Å²) in [7, 11) is 0. The number of ether oxygens (including phenoxy) is 1. The van der Waals surface area contributed by atoms with Crippen molar-refractivity contribution in [3.8, 4) is 11.4 Å². The number of nitrogens with zero attached hydrogens (tertiary/aromatic N) is 3. The fourth-order valence-electron chi connectivity index (χ4n) is 1.52. The van der Waals surface area contributed by atoms with Crippen LogP contribution < -0.4 is 5.73 Å². The molecule has 0 saturated heterocycles. The van der Waals surface area contributed by atoms with E-state index in [0.717, 1.165) is 0 Å². The zero-order valence-electron chi connectivity index (χ0n) is 10.8. The largest absolute Gasteiger partial charge is 0.463 e. The highest BCUT2D eigenvalue weighted by molar-refractivity contribution is 6.31. The Morgan fingerprint density at radius 3 is 3.10 bits per heavy atom. The Labute approximate surface area is 120 Å². The van der Waals surface area contributed by atoms with Gasteiger partial charge in [0.1, 0.15) is 6.33 Å². The zero-order chi connectivity index (χ0) is 14.5. The third kappa shape index (κ3) is 3.36. The predicted molar refractivity (Wildman–Crippen MR) is 76.8 cm³/mol. The van der Waals surface area contributed by atoms with Crippen molar-refractivity contribution >= 4 is 29.5 Å². The number of anilines is 1. The van der Waals surface area contributed by atoms with Gasteiger partial charge in [0.2, 0.25) is 0 Å². The van der Waals surface area contributed by atoms with Crippen LogP contribution in [0.4, 0.5) is 5.69 Å². The number of carbonyl (C=O) groups excluding carboxylic acids is 1. The van der Waals surface area contributed by atoms with Crippen molar-refractivity contribution < 1.29 is 9.53 Å². The average Bonchev–Trinajstić information content (AvgIpc) is 2.88. The summed E-state index contributed by atoms with van der Waals surface area (Å²) in [5.41, 5.74) is 7.02. The molecular formula is C13H13ClN4O2. The van der Waals surface area contributed by atoms with Crippen LogP contribution in [-0.2, 0) is 9.53 Å². The molecule has 1 heterocycles. The molecule has 0 spiro atoms. The van der Waals surface area contributed by atoms with Gasteiger partial charge in [0.25, 0.3) is 0 Å². The first-order valence-corrected chi connectivity index (χ1v) is 6.29. The number of nitrogen functional groups attached to an aromatic ring is 1. The van der Waals surface area contributed by atoms with Crippen LogP contribution in [-0.4, -0.2) is 27.3 Å². The molecule has 0 aliphatic rings. The maximum Gasteiger partial charge on any atom is 0.332 e. The summed E-state index contributed by atoms with van der Waals surface area (Å²) in [6, 6.07) is 5.07. The fourth-order valence-corrected chi connectivity index (χ4v) is 1.69.